The molecule has 0 saturated heterocycles. The minimum Gasteiger partial charge on any atom is -0.309 e. The van der Waals surface area contributed by atoms with Gasteiger partial charge in [0.1, 0.15) is 0 Å². The molecule has 3 heteroatoms. The van der Waals surface area contributed by atoms with E-state index >= 15 is 0 Å². The predicted octanol–water partition coefficient (Wildman–Crippen LogP) is 5.13. The molecule has 1 aliphatic carbocycles. The third kappa shape index (κ3) is 4.38. The largest absolute Gasteiger partial charge is 0.309 e. The molecule has 1 aromatic heterocycles. The van der Waals surface area contributed by atoms with Crippen molar-refractivity contribution in [2.45, 2.75) is 51.5 Å². The van der Waals surface area contributed by atoms with Gasteiger partial charge in [0, 0.05) is 20.8 Å². The van der Waals surface area contributed by atoms with E-state index in [0.29, 0.717) is 6.04 Å². The van der Waals surface area contributed by atoms with Gasteiger partial charge in [0.2, 0.25) is 0 Å². The highest BCUT2D eigenvalue weighted by molar-refractivity contribution is 9.10. The zero-order chi connectivity index (χ0) is 12.1. The first-order valence-electron chi connectivity index (χ1n) is 6.73. The molecule has 0 aliphatic heterocycles. The van der Waals surface area contributed by atoms with Crippen molar-refractivity contribution >= 4 is 27.3 Å². The monoisotopic (exact) mass is 315 g/mol. The van der Waals surface area contributed by atoms with Crippen molar-refractivity contribution in [2.24, 2.45) is 5.92 Å². The van der Waals surface area contributed by atoms with Gasteiger partial charge in [-0.05, 0) is 54.2 Å². The molecule has 1 saturated carbocycles. The maximum absolute atomic E-state index is 3.63. The van der Waals surface area contributed by atoms with Crippen LogP contribution < -0.4 is 5.32 Å². The lowest BCUT2D eigenvalue weighted by Gasteiger charge is -2.13. The molecule has 1 unspecified atom stereocenters. The van der Waals surface area contributed by atoms with Crippen LogP contribution in [0.1, 0.15) is 56.4 Å². The second-order valence-electron chi connectivity index (χ2n) is 5.14. The van der Waals surface area contributed by atoms with Crippen molar-refractivity contribution in [1.82, 2.24) is 5.32 Å². The van der Waals surface area contributed by atoms with Crippen LogP contribution in [0.25, 0.3) is 0 Å². The molecule has 0 amide bonds. The Labute approximate surface area is 117 Å². The zero-order valence-electron chi connectivity index (χ0n) is 10.5. The molecule has 1 atom stereocenters. The predicted molar refractivity (Wildman–Crippen MR) is 79.6 cm³/mol. The second kappa shape index (κ2) is 6.91. The van der Waals surface area contributed by atoms with Gasteiger partial charge in [0.25, 0.3) is 0 Å². The molecule has 0 radical (unpaired) electrons. The highest BCUT2D eigenvalue weighted by Crippen LogP contribution is 2.28. The van der Waals surface area contributed by atoms with Crippen LogP contribution in [0.4, 0.5) is 0 Å². The standard InChI is InChI=1S/C14H22BrNS/c1-11(14-9-13(15)10-17-14)16-8-4-7-12-5-2-3-6-12/h9-12,16H,2-8H2,1H3. The Kier molecular flexibility index (Phi) is 5.51. The van der Waals surface area contributed by atoms with Gasteiger partial charge in [0.15, 0.2) is 0 Å². The molecule has 1 aromatic rings. The molecule has 0 bridgehead atoms. The van der Waals surface area contributed by atoms with Gasteiger partial charge < -0.3 is 5.32 Å². The summed E-state index contributed by atoms with van der Waals surface area (Å²) in [6.45, 7) is 3.42. The molecule has 1 N–H and O–H groups in total. The summed E-state index contributed by atoms with van der Waals surface area (Å²) >= 11 is 5.34. The number of nitrogens with one attached hydrogen (secondary N) is 1. The smallest absolute Gasteiger partial charge is 0.0386 e. The minimum atomic E-state index is 0.495. The molecular weight excluding hydrogens is 294 g/mol. The van der Waals surface area contributed by atoms with E-state index in [1.165, 1.54) is 47.9 Å². The topological polar surface area (TPSA) is 12.0 Å². The molecule has 1 aliphatic rings. The Morgan fingerprint density at radius 3 is 2.88 bits per heavy atom. The number of hydrogen-bond donors (Lipinski definition) is 1. The molecule has 2 rings (SSSR count). The van der Waals surface area contributed by atoms with Crippen molar-refractivity contribution < 1.29 is 0 Å². The SMILES string of the molecule is CC(NCCCC1CCCC1)c1cc(Br)cs1. The van der Waals surface area contributed by atoms with Gasteiger partial charge in [-0.1, -0.05) is 25.7 Å². The molecular formula is C14H22BrNS. The lowest BCUT2D eigenvalue weighted by molar-refractivity contribution is 0.457. The van der Waals surface area contributed by atoms with Crippen LogP contribution in [0.5, 0.6) is 0 Å². The second-order valence-corrected chi connectivity index (χ2v) is 6.99. The van der Waals surface area contributed by atoms with Crippen LogP contribution in [-0.4, -0.2) is 6.54 Å². The van der Waals surface area contributed by atoms with Crippen LogP contribution in [0.3, 0.4) is 0 Å². The van der Waals surface area contributed by atoms with Crippen LogP contribution >= 0.6 is 27.3 Å². The van der Waals surface area contributed by atoms with Gasteiger partial charge in [-0.25, -0.2) is 0 Å². The number of halogens is 1. The fourth-order valence-electron chi connectivity index (χ4n) is 2.66. The fraction of sp³-hybridized carbons (Fsp3) is 0.714. The first-order chi connectivity index (χ1) is 8.25. The summed E-state index contributed by atoms with van der Waals surface area (Å²) in [5.74, 6) is 1.03. The van der Waals surface area contributed by atoms with Crippen LogP contribution in [-0.2, 0) is 0 Å². The van der Waals surface area contributed by atoms with E-state index in [1.807, 2.05) is 11.3 Å². The molecule has 0 aromatic carbocycles. The first-order valence-corrected chi connectivity index (χ1v) is 8.40. The maximum atomic E-state index is 3.63. The van der Waals surface area contributed by atoms with E-state index in [4.69, 9.17) is 0 Å². The van der Waals surface area contributed by atoms with E-state index in [-0.39, 0.29) is 0 Å². The maximum Gasteiger partial charge on any atom is 0.0386 e. The molecule has 17 heavy (non-hydrogen) atoms. The fourth-order valence-corrected chi connectivity index (χ4v) is 4.14. The summed E-state index contributed by atoms with van der Waals surface area (Å²) < 4.78 is 1.21. The van der Waals surface area contributed by atoms with Gasteiger partial charge in [0.05, 0.1) is 0 Å². The average Bonchev–Trinajstić information content (AvgIpc) is 2.95. The van der Waals surface area contributed by atoms with E-state index in [9.17, 15) is 0 Å². The van der Waals surface area contributed by atoms with Crippen molar-refractivity contribution in [2.75, 3.05) is 6.54 Å². The van der Waals surface area contributed by atoms with E-state index in [1.54, 1.807) is 0 Å². The third-order valence-electron chi connectivity index (χ3n) is 3.73. The quantitative estimate of drug-likeness (QED) is 0.717. The van der Waals surface area contributed by atoms with Gasteiger partial charge >= 0.3 is 0 Å². The summed E-state index contributed by atoms with van der Waals surface area (Å²) in [6, 6.07) is 2.72. The van der Waals surface area contributed by atoms with Crippen molar-refractivity contribution in [1.29, 1.82) is 0 Å². The normalized spacial score (nSPS) is 18.7. The first kappa shape index (κ1) is 13.6. The lowest BCUT2D eigenvalue weighted by atomic mass is 10.0. The Morgan fingerprint density at radius 1 is 1.47 bits per heavy atom. The van der Waals surface area contributed by atoms with Crippen LogP contribution in [0, 0.1) is 5.92 Å². The lowest BCUT2D eigenvalue weighted by Crippen LogP contribution is -2.19. The summed E-state index contributed by atoms with van der Waals surface area (Å²) in [5.41, 5.74) is 0. The minimum absolute atomic E-state index is 0.495. The average molecular weight is 316 g/mol. The zero-order valence-corrected chi connectivity index (χ0v) is 12.9. The third-order valence-corrected chi connectivity index (χ3v) is 5.61. The van der Waals surface area contributed by atoms with Crippen molar-refractivity contribution in [3.63, 3.8) is 0 Å². The summed E-state index contributed by atoms with van der Waals surface area (Å²) in [6.07, 6.45) is 8.66. The number of hydrogen-bond acceptors (Lipinski definition) is 2. The van der Waals surface area contributed by atoms with Gasteiger partial charge in [-0.15, -0.1) is 11.3 Å². The van der Waals surface area contributed by atoms with Crippen molar-refractivity contribution in [3.8, 4) is 0 Å². The molecule has 1 nitrogen and oxygen atoms in total. The van der Waals surface area contributed by atoms with Gasteiger partial charge in [-0.2, -0.15) is 0 Å². The molecule has 1 heterocycles. The van der Waals surface area contributed by atoms with Gasteiger partial charge in [-0.3, -0.25) is 0 Å². The summed E-state index contributed by atoms with van der Waals surface area (Å²) in [7, 11) is 0. The highest BCUT2D eigenvalue weighted by atomic mass is 79.9. The molecule has 0 spiro atoms. The number of thiophene rings is 1. The molecule has 96 valence electrons. The van der Waals surface area contributed by atoms with E-state index < -0.39 is 0 Å². The Balaban J connectivity index is 1.61. The van der Waals surface area contributed by atoms with E-state index in [0.717, 1.165) is 12.5 Å². The Hall–Kier alpha value is 0.140. The van der Waals surface area contributed by atoms with Crippen molar-refractivity contribution in [3.05, 3.63) is 20.8 Å². The van der Waals surface area contributed by atoms with Crippen LogP contribution in [0.2, 0.25) is 0 Å². The Morgan fingerprint density at radius 2 is 2.24 bits per heavy atom. The molecule has 1 fully saturated rings. The highest BCUT2D eigenvalue weighted by Gasteiger charge is 2.14. The Bertz CT molecular complexity index is 331. The van der Waals surface area contributed by atoms with Crippen LogP contribution in [0.15, 0.2) is 15.9 Å². The number of rotatable bonds is 6. The summed E-state index contributed by atoms with van der Waals surface area (Å²) in [5, 5.41) is 5.78. The van der Waals surface area contributed by atoms with E-state index in [2.05, 4.69) is 39.6 Å². The summed E-state index contributed by atoms with van der Waals surface area (Å²) in [4.78, 5) is 1.43.